The molecule has 6 heteroatoms. The number of hydrogen-bond acceptors (Lipinski definition) is 3. The zero-order valence-electron chi connectivity index (χ0n) is 8.88. The maximum atomic E-state index is 13.4. The van der Waals surface area contributed by atoms with E-state index >= 15 is 0 Å². The predicted octanol–water partition coefficient (Wildman–Crippen LogP) is 2.72. The highest BCUT2D eigenvalue weighted by molar-refractivity contribution is 6.35. The Morgan fingerprint density at radius 2 is 1.94 bits per heavy atom. The van der Waals surface area contributed by atoms with Crippen LogP contribution in [0.3, 0.4) is 0 Å². The lowest BCUT2D eigenvalue weighted by molar-refractivity contribution is -0.164. The first-order valence-corrected chi connectivity index (χ1v) is 5.13. The number of ketones is 1. The van der Waals surface area contributed by atoms with Crippen LogP contribution >= 0.6 is 11.6 Å². The van der Waals surface area contributed by atoms with E-state index in [0.29, 0.717) is 0 Å². The molecule has 17 heavy (non-hydrogen) atoms. The van der Waals surface area contributed by atoms with Crippen molar-refractivity contribution in [1.82, 2.24) is 0 Å². The van der Waals surface area contributed by atoms with Crippen LogP contribution in [-0.4, -0.2) is 24.3 Å². The Kier molecular flexibility index (Phi) is 4.17. The lowest BCUT2D eigenvalue weighted by atomic mass is 10.1. The third-order valence-corrected chi connectivity index (χ3v) is 2.27. The van der Waals surface area contributed by atoms with Gasteiger partial charge in [-0.3, -0.25) is 4.79 Å². The van der Waals surface area contributed by atoms with E-state index in [1.807, 2.05) is 0 Å². The van der Waals surface area contributed by atoms with Gasteiger partial charge >= 0.3 is 11.9 Å². The van der Waals surface area contributed by atoms with Gasteiger partial charge in [0, 0.05) is 5.56 Å². The zero-order chi connectivity index (χ0) is 13.1. The maximum Gasteiger partial charge on any atom is 0.404 e. The third kappa shape index (κ3) is 2.79. The number of halogens is 3. The van der Waals surface area contributed by atoms with E-state index in [4.69, 9.17) is 11.6 Å². The third-order valence-electron chi connectivity index (χ3n) is 1.94. The van der Waals surface area contributed by atoms with Crippen LogP contribution in [0.1, 0.15) is 17.3 Å². The predicted molar refractivity (Wildman–Crippen MR) is 57.4 cm³/mol. The second-order valence-electron chi connectivity index (χ2n) is 3.10. The molecule has 1 aromatic rings. The fourth-order valence-corrected chi connectivity index (χ4v) is 1.35. The SMILES string of the molecule is CCOC(=O)C(F)(F)C(=O)c1ccccc1Cl. The van der Waals surface area contributed by atoms with E-state index in [-0.39, 0.29) is 11.6 Å². The number of benzene rings is 1. The van der Waals surface area contributed by atoms with Gasteiger partial charge in [0.1, 0.15) is 0 Å². The Labute approximate surface area is 101 Å². The van der Waals surface area contributed by atoms with Crippen LogP contribution in [0.2, 0.25) is 5.02 Å². The summed E-state index contributed by atoms with van der Waals surface area (Å²) in [5.74, 6) is -7.76. The number of esters is 1. The van der Waals surface area contributed by atoms with Crippen molar-refractivity contribution in [3.8, 4) is 0 Å². The van der Waals surface area contributed by atoms with Crippen LogP contribution < -0.4 is 0 Å². The Morgan fingerprint density at radius 1 is 1.35 bits per heavy atom. The van der Waals surface area contributed by atoms with E-state index in [1.165, 1.54) is 25.1 Å². The molecule has 0 bridgehead atoms. The first-order chi connectivity index (χ1) is 7.91. The molecule has 0 spiro atoms. The smallest absolute Gasteiger partial charge is 0.404 e. The monoisotopic (exact) mass is 262 g/mol. The van der Waals surface area contributed by atoms with Crippen LogP contribution in [0.15, 0.2) is 24.3 Å². The van der Waals surface area contributed by atoms with Crippen molar-refractivity contribution in [3.05, 3.63) is 34.9 Å². The molecule has 3 nitrogen and oxygen atoms in total. The normalized spacial score (nSPS) is 11.1. The number of rotatable bonds is 4. The summed E-state index contributed by atoms with van der Waals surface area (Å²) in [6.45, 7) is 1.14. The molecular formula is C11H9ClF2O3. The van der Waals surface area contributed by atoms with Crippen LogP contribution in [0.4, 0.5) is 8.78 Å². The Hall–Kier alpha value is -1.49. The molecule has 0 N–H and O–H groups in total. The van der Waals surface area contributed by atoms with Crippen molar-refractivity contribution in [3.63, 3.8) is 0 Å². The summed E-state index contributed by atoms with van der Waals surface area (Å²) in [5.41, 5.74) is -0.410. The van der Waals surface area contributed by atoms with Crippen molar-refractivity contribution in [1.29, 1.82) is 0 Å². The quantitative estimate of drug-likeness (QED) is 0.476. The van der Waals surface area contributed by atoms with E-state index in [0.717, 1.165) is 6.07 Å². The van der Waals surface area contributed by atoms with Gasteiger partial charge in [0.2, 0.25) is 5.78 Å². The largest absolute Gasteiger partial charge is 0.461 e. The molecule has 0 radical (unpaired) electrons. The van der Waals surface area contributed by atoms with Crippen molar-refractivity contribution in [2.24, 2.45) is 0 Å². The molecule has 0 heterocycles. The lowest BCUT2D eigenvalue weighted by Crippen LogP contribution is -2.39. The second-order valence-corrected chi connectivity index (χ2v) is 3.51. The summed E-state index contributed by atoms with van der Waals surface area (Å²) < 4.78 is 30.9. The lowest BCUT2D eigenvalue weighted by Gasteiger charge is -2.13. The van der Waals surface area contributed by atoms with E-state index in [2.05, 4.69) is 4.74 Å². The number of alkyl halides is 2. The fraction of sp³-hybridized carbons (Fsp3) is 0.273. The summed E-state index contributed by atoms with van der Waals surface area (Å²) in [7, 11) is 0. The van der Waals surface area contributed by atoms with E-state index in [9.17, 15) is 18.4 Å². The zero-order valence-corrected chi connectivity index (χ0v) is 9.63. The number of Topliss-reactive ketones (excluding diaryl/α,β-unsaturated/α-hetero) is 1. The molecule has 0 aliphatic carbocycles. The van der Waals surface area contributed by atoms with Gasteiger partial charge in [0.05, 0.1) is 11.6 Å². The highest BCUT2D eigenvalue weighted by Gasteiger charge is 2.49. The van der Waals surface area contributed by atoms with Crippen LogP contribution in [0.5, 0.6) is 0 Å². The molecule has 0 saturated heterocycles. The van der Waals surface area contributed by atoms with Crippen molar-refractivity contribution in [2.75, 3.05) is 6.61 Å². The first-order valence-electron chi connectivity index (χ1n) is 4.75. The summed E-state index contributed by atoms with van der Waals surface area (Å²) in [5, 5.41) is -0.138. The van der Waals surface area contributed by atoms with Gasteiger partial charge in [-0.2, -0.15) is 8.78 Å². The van der Waals surface area contributed by atoms with Crippen LogP contribution in [-0.2, 0) is 9.53 Å². The number of carbonyl (C=O) groups is 2. The summed E-state index contributed by atoms with van der Waals surface area (Å²) in [4.78, 5) is 22.4. The van der Waals surface area contributed by atoms with Crippen molar-refractivity contribution >= 4 is 23.4 Å². The van der Waals surface area contributed by atoms with Gasteiger partial charge < -0.3 is 4.74 Å². The molecule has 1 aromatic carbocycles. The van der Waals surface area contributed by atoms with Gasteiger partial charge in [0.25, 0.3) is 0 Å². The maximum absolute atomic E-state index is 13.4. The minimum atomic E-state index is -4.22. The summed E-state index contributed by atoms with van der Waals surface area (Å²) >= 11 is 5.60. The first kappa shape index (κ1) is 13.6. The number of ether oxygens (including phenoxy) is 1. The Morgan fingerprint density at radius 3 is 2.47 bits per heavy atom. The Bertz CT molecular complexity index is 446. The average Bonchev–Trinajstić information content (AvgIpc) is 2.29. The van der Waals surface area contributed by atoms with Crippen LogP contribution in [0.25, 0.3) is 0 Å². The summed E-state index contributed by atoms with van der Waals surface area (Å²) in [6, 6.07) is 5.27. The van der Waals surface area contributed by atoms with Gasteiger partial charge in [-0.1, -0.05) is 23.7 Å². The molecule has 0 aliphatic heterocycles. The van der Waals surface area contributed by atoms with Gasteiger partial charge in [-0.25, -0.2) is 4.79 Å². The topological polar surface area (TPSA) is 43.4 Å². The molecule has 0 amide bonds. The molecule has 0 unspecified atom stereocenters. The standard InChI is InChI=1S/C11H9ClF2O3/c1-2-17-10(16)11(13,14)9(15)7-5-3-4-6-8(7)12/h3-6H,2H2,1H3. The average molecular weight is 263 g/mol. The highest BCUT2D eigenvalue weighted by atomic mass is 35.5. The minimum absolute atomic E-state index is 0.138. The van der Waals surface area contributed by atoms with E-state index in [1.54, 1.807) is 0 Å². The molecule has 0 atom stereocenters. The van der Waals surface area contributed by atoms with Crippen molar-refractivity contribution in [2.45, 2.75) is 12.8 Å². The molecule has 1 rings (SSSR count). The molecule has 0 aromatic heterocycles. The van der Waals surface area contributed by atoms with Gasteiger partial charge in [-0.05, 0) is 19.1 Å². The minimum Gasteiger partial charge on any atom is -0.461 e. The number of carbonyl (C=O) groups excluding carboxylic acids is 2. The van der Waals surface area contributed by atoms with E-state index < -0.39 is 23.2 Å². The molecule has 92 valence electrons. The van der Waals surface area contributed by atoms with Gasteiger partial charge in [-0.15, -0.1) is 0 Å². The van der Waals surface area contributed by atoms with Crippen LogP contribution in [0, 0.1) is 0 Å². The summed E-state index contributed by atoms with van der Waals surface area (Å²) in [6.07, 6.45) is 0. The fourth-order valence-electron chi connectivity index (χ4n) is 1.13. The molecule has 0 fully saturated rings. The molecule has 0 saturated carbocycles. The molecular weight excluding hydrogens is 254 g/mol. The molecule has 0 aliphatic rings. The number of hydrogen-bond donors (Lipinski definition) is 0. The Balaban J connectivity index is 3.05. The second kappa shape index (κ2) is 5.23. The highest BCUT2D eigenvalue weighted by Crippen LogP contribution is 2.26. The van der Waals surface area contributed by atoms with Gasteiger partial charge in [0.15, 0.2) is 0 Å². The van der Waals surface area contributed by atoms with Crippen molar-refractivity contribution < 1.29 is 23.1 Å².